The van der Waals surface area contributed by atoms with E-state index < -0.39 is 0 Å². The van der Waals surface area contributed by atoms with E-state index in [0.717, 1.165) is 28.3 Å². The Morgan fingerprint density at radius 2 is 2.24 bits per heavy atom. The summed E-state index contributed by atoms with van der Waals surface area (Å²) in [6.45, 7) is 0. The van der Waals surface area contributed by atoms with Crippen molar-refractivity contribution in [3.8, 4) is 5.75 Å². The fourth-order valence-corrected chi connectivity index (χ4v) is 1.91. The largest absolute Gasteiger partial charge is 0.497 e. The Hall–Kier alpha value is -2.29. The molecule has 0 amide bonds. The Kier molecular flexibility index (Phi) is 2.29. The molecule has 17 heavy (non-hydrogen) atoms. The second-order valence-electron chi connectivity index (χ2n) is 3.87. The predicted molar refractivity (Wildman–Crippen MR) is 69.8 cm³/mol. The van der Waals surface area contributed by atoms with Crippen LogP contribution in [0.15, 0.2) is 41.5 Å². The molecule has 0 bridgehead atoms. The van der Waals surface area contributed by atoms with Crippen LogP contribution < -0.4 is 4.74 Å². The number of aliphatic imine (C=N–C) groups is 1. The molecule has 3 heteroatoms. The summed E-state index contributed by atoms with van der Waals surface area (Å²) in [5.41, 5.74) is 4.27. The van der Waals surface area contributed by atoms with Crippen molar-refractivity contribution in [2.75, 3.05) is 7.11 Å². The number of fused-ring (bicyclic) bond motifs is 1. The summed E-state index contributed by atoms with van der Waals surface area (Å²) in [5, 5.41) is 0. The summed E-state index contributed by atoms with van der Waals surface area (Å²) in [6.07, 6.45) is 5.87. The molecule has 1 aromatic carbocycles. The molecule has 1 aliphatic heterocycles. The number of methoxy groups -OCH3 is 1. The first-order valence-electron chi connectivity index (χ1n) is 5.44. The Morgan fingerprint density at radius 1 is 1.29 bits per heavy atom. The maximum absolute atomic E-state index is 5.23. The van der Waals surface area contributed by atoms with Gasteiger partial charge in [-0.3, -0.25) is 4.99 Å². The van der Waals surface area contributed by atoms with Crippen molar-refractivity contribution in [2.45, 2.75) is 0 Å². The van der Waals surface area contributed by atoms with Crippen LogP contribution in [-0.4, -0.2) is 18.3 Å². The molecule has 3 rings (SSSR count). The van der Waals surface area contributed by atoms with Gasteiger partial charge in [0.1, 0.15) is 5.75 Å². The molecule has 1 N–H and O–H groups in total. The Bertz CT molecular complexity index is 595. The van der Waals surface area contributed by atoms with Crippen LogP contribution in [0, 0.1) is 0 Å². The van der Waals surface area contributed by atoms with Gasteiger partial charge in [-0.1, -0.05) is 0 Å². The number of aromatic amines is 1. The first-order chi connectivity index (χ1) is 8.36. The molecule has 1 aliphatic rings. The van der Waals surface area contributed by atoms with Crippen LogP contribution in [0.1, 0.15) is 11.3 Å². The molecule has 0 fully saturated rings. The minimum atomic E-state index is 0.853. The lowest BCUT2D eigenvalue weighted by atomic mass is 10.1. The Labute approximate surface area is 99.5 Å². The first-order valence-corrected chi connectivity index (χ1v) is 5.44. The number of hydrogen-bond donors (Lipinski definition) is 1. The highest BCUT2D eigenvalue weighted by atomic mass is 16.5. The van der Waals surface area contributed by atoms with Gasteiger partial charge in [0, 0.05) is 29.2 Å². The van der Waals surface area contributed by atoms with Gasteiger partial charge < -0.3 is 9.72 Å². The number of ether oxygens (including phenoxy) is 1. The minimum absolute atomic E-state index is 0.853. The minimum Gasteiger partial charge on any atom is -0.497 e. The van der Waals surface area contributed by atoms with E-state index in [-0.39, 0.29) is 0 Å². The summed E-state index contributed by atoms with van der Waals surface area (Å²) in [7, 11) is 1.67. The normalized spacial score (nSPS) is 15.2. The van der Waals surface area contributed by atoms with Crippen molar-refractivity contribution in [1.29, 1.82) is 0 Å². The summed E-state index contributed by atoms with van der Waals surface area (Å²) in [5.74, 6) is 0.853. The average molecular weight is 224 g/mol. The maximum atomic E-state index is 5.23. The number of nitrogens with one attached hydrogen (secondary N) is 1. The Morgan fingerprint density at radius 3 is 3.00 bits per heavy atom. The van der Waals surface area contributed by atoms with Crippen molar-refractivity contribution >= 4 is 23.6 Å². The SMILES string of the molecule is COc1ccc2c(c1)C(=Cc1ccc[nH]1)C=N2. The third-order valence-corrected chi connectivity index (χ3v) is 2.79. The number of nitrogens with zero attached hydrogens (tertiary/aromatic N) is 1. The van der Waals surface area contributed by atoms with E-state index in [1.807, 2.05) is 42.7 Å². The van der Waals surface area contributed by atoms with E-state index in [0.29, 0.717) is 0 Å². The lowest BCUT2D eigenvalue weighted by Gasteiger charge is -2.03. The molecule has 0 unspecified atom stereocenters. The zero-order valence-electron chi connectivity index (χ0n) is 9.47. The highest BCUT2D eigenvalue weighted by Gasteiger charge is 2.12. The number of aromatic nitrogens is 1. The van der Waals surface area contributed by atoms with E-state index >= 15 is 0 Å². The van der Waals surface area contributed by atoms with Gasteiger partial charge in [-0.2, -0.15) is 0 Å². The van der Waals surface area contributed by atoms with Gasteiger partial charge in [0.15, 0.2) is 0 Å². The van der Waals surface area contributed by atoms with Crippen molar-refractivity contribution in [1.82, 2.24) is 4.98 Å². The molecule has 0 spiro atoms. The summed E-state index contributed by atoms with van der Waals surface area (Å²) in [4.78, 5) is 7.53. The van der Waals surface area contributed by atoms with Crippen LogP contribution in [0.5, 0.6) is 5.75 Å². The standard InChI is InChI=1S/C14H12N2O/c1-17-12-4-5-14-13(8-12)10(9-16-14)7-11-3-2-6-15-11/h2-9,15H,1H3. The van der Waals surface area contributed by atoms with Gasteiger partial charge in [-0.25, -0.2) is 0 Å². The molecule has 0 atom stereocenters. The van der Waals surface area contributed by atoms with Crippen LogP contribution in [0.4, 0.5) is 5.69 Å². The predicted octanol–water partition coefficient (Wildman–Crippen LogP) is 3.28. The van der Waals surface area contributed by atoms with E-state index in [1.165, 1.54) is 0 Å². The number of rotatable bonds is 2. The molecule has 0 saturated heterocycles. The molecular formula is C14H12N2O. The van der Waals surface area contributed by atoms with Crippen molar-refractivity contribution in [2.24, 2.45) is 4.99 Å². The number of allylic oxidation sites excluding steroid dienone is 1. The van der Waals surface area contributed by atoms with Crippen molar-refractivity contribution < 1.29 is 4.74 Å². The quantitative estimate of drug-likeness (QED) is 0.835. The van der Waals surface area contributed by atoms with Gasteiger partial charge in [0.2, 0.25) is 0 Å². The Balaban J connectivity index is 2.05. The molecule has 2 aromatic rings. The molecule has 0 saturated carbocycles. The van der Waals surface area contributed by atoms with Crippen LogP contribution in [0.25, 0.3) is 11.6 Å². The van der Waals surface area contributed by atoms with Crippen LogP contribution >= 0.6 is 0 Å². The van der Waals surface area contributed by atoms with E-state index in [2.05, 4.69) is 16.1 Å². The van der Waals surface area contributed by atoms with Crippen LogP contribution in [-0.2, 0) is 0 Å². The molecular weight excluding hydrogens is 212 g/mol. The lowest BCUT2D eigenvalue weighted by molar-refractivity contribution is 0.415. The van der Waals surface area contributed by atoms with Gasteiger partial charge in [-0.15, -0.1) is 0 Å². The fourth-order valence-electron chi connectivity index (χ4n) is 1.91. The molecule has 3 nitrogen and oxygen atoms in total. The molecule has 84 valence electrons. The summed E-state index contributed by atoms with van der Waals surface area (Å²) >= 11 is 0. The molecule has 0 aliphatic carbocycles. The van der Waals surface area contributed by atoms with Crippen LogP contribution in [0.3, 0.4) is 0 Å². The monoisotopic (exact) mass is 224 g/mol. The first kappa shape index (κ1) is 9.90. The second-order valence-corrected chi connectivity index (χ2v) is 3.87. The number of H-pyrrole nitrogens is 1. The van der Waals surface area contributed by atoms with Crippen molar-refractivity contribution in [3.63, 3.8) is 0 Å². The zero-order chi connectivity index (χ0) is 11.7. The van der Waals surface area contributed by atoms with Gasteiger partial charge in [0.25, 0.3) is 0 Å². The van der Waals surface area contributed by atoms with Gasteiger partial charge >= 0.3 is 0 Å². The summed E-state index contributed by atoms with van der Waals surface area (Å²) < 4.78 is 5.23. The summed E-state index contributed by atoms with van der Waals surface area (Å²) in [6, 6.07) is 9.91. The maximum Gasteiger partial charge on any atom is 0.119 e. The van der Waals surface area contributed by atoms with E-state index in [9.17, 15) is 0 Å². The fraction of sp³-hybridized carbons (Fsp3) is 0.0714. The zero-order valence-corrected chi connectivity index (χ0v) is 9.47. The third kappa shape index (κ3) is 1.76. The lowest BCUT2D eigenvalue weighted by Crippen LogP contribution is -1.85. The van der Waals surface area contributed by atoms with Crippen molar-refractivity contribution in [3.05, 3.63) is 47.8 Å². The van der Waals surface area contributed by atoms with Gasteiger partial charge in [-0.05, 0) is 36.4 Å². The highest BCUT2D eigenvalue weighted by Crippen LogP contribution is 2.35. The molecule has 2 heterocycles. The number of benzene rings is 1. The highest BCUT2D eigenvalue weighted by molar-refractivity contribution is 6.21. The second kappa shape index (κ2) is 3.94. The van der Waals surface area contributed by atoms with E-state index in [4.69, 9.17) is 4.74 Å². The topological polar surface area (TPSA) is 37.4 Å². The number of hydrogen-bond acceptors (Lipinski definition) is 2. The average Bonchev–Trinajstić information content (AvgIpc) is 2.99. The van der Waals surface area contributed by atoms with Crippen LogP contribution in [0.2, 0.25) is 0 Å². The van der Waals surface area contributed by atoms with E-state index in [1.54, 1.807) is 7.11 Å². The van der Waals surface area contributed by atoms with Gasteiger partial charge in [0.05, 0.1) is 12.8 Å². The molecule has 0 radical (unpaired) electrons. The third-order valence-electron chi connectivity index (χ3n) is 2.79. The smallest absolute Gasteiger partial charge is 0.119 e. The molecule has 1 aromatic heterocycles.